The summed E-state index contributed by atoms with van der Waals surface area (Å²) in [6, 6.07) is 0. The number of carboxylic acid groups (broad SMARTS) is 1. The molecule has 15 heavy (non-hydrogen) atoms. The van der Waals surface area contributed by atoms with Gasteiger partial charge in [0.25, 0.3) is 0 Å². The van der Waals surface area contributed by atoms with Crippen molar-refractivity contribution in [3.05, 3.63) is 12.2 Å². The van der Waals surface area contributed by atoms with Gasteiger partial charge in [-0.3, -0.25) is 4.79 Å². The van der Waals surface area contributed by atoms with Crippen molar-refractivity contribution in [2.75, 3.05) is 5.75 Å². The summed E-state index contributed by atoms with van der Waals surface area (Å²) in [7, 11) is 0. The zero-order valence-corrected chi connectivity index (χ0v) is 10.5. The van der Waals surface area contributed by atoms with Gasteiger partial charge in [0.05, 0.1) is 18.1 Å². The van der Waals surface area contributed by atoms with Gasteiger partial charge < -0.3 is 9.84 Å². The maximum Gasteiger partial charge on any atom is 0.306 e. The Kier molecular flexibility index (Phi) is 6.68. The SMILES string of the molecule is CC(C)(C)O[C@@H](/C=C/CCS)CC(=O)O. The average Bonchev–Trinajstić information content (AvgIpc) is 2.00. The number of hydrogen-bond donors (Lipinski definition) is 2. The number of ether oxygens (including phenoxy) is 1. The first kappa shape index (κ1) is 14.5. The molecule has 0 aromatic carbocycles. The second kappa shape index (κ2) is 6.90. The van der Waals surface area contributed by atoms with E-state index in [1.165, 1.54) is 0 Å². The van der Waals surface area contributed by atoms with Crippen molar-refractivity contribution < 1.29 is 14.6 Å². The summed E-state index contributed by atoms with van der Waals surface area (Å²) in [5.41, 5.74) is -0.328. The number of aliphatic carboxylic acids is 1. The number of rotatable bonds is 6. The lowest BCUT2D eigenvalue weighted by Crippen LogP contribution is -2.27. The van der Waals surface area contributed by atoms with Gasteiger partial charge in [0.2, 0.25) is 0 Å². The van der Waals surface area contributed by atoms with Crippen LogP contribution < -0.4 is 0 Å². The maximum atomic E-state index is 10.6. The lowest BCUT2D eigenvalue weighted by atomic mass is 10.1. The molecule has 0 radical (unpaired) electrons. The highest BCUT2D eigenvalue weighted by molar-refractivity contribution is 7.80. The number of thiol groups is 1. The fraction of sp³-hybridized carbons (Fsp3) is 0.727. The Morgan fingerprint density at radius 1 is 1.53 bits per heavy atom. The molecule has 0 rings (SSSR count). The molecular formula is C11H20O3S. The van der Waals surface area contributed by atoms with Crippen molar-refractivity contribution in [3.63, 3.8) is 0 Å². The molecule has 0 saturated carbocycles. The second-order valence-corrected chi connectivity index (χ2v) is 4.75. The fourth-order valence-electron chi connectivity index (χ4n) is 1.10. The van der Waals surface area contributed by atoms with Gasteiger partial charge in [0, 0.05) is 0 Å². The zero-order valence-electron chi connectivity index (χ0n) is 9.56. The molecule has 0 fully saturated rings. The number of allylic oxidation sites excluding steroid dienone is 1. The third-order valence-electron chi connectivity index (χ3n) is 1.53. The molecule has 4 heteroatoms. The molecule has 0 aliphatic carbocycles. The molecule has 0 aliphatic rings. The highest BCUT2D eigenvalue weighted by Crippen LogP contribution is 2.14. The van der Waals surface area contributed by atoms with Gasteiger partial charge in [-0.15, -0.1) is 0 Å². The van der Waals surface area contributed by atoms with Crippen LogP contribution in [-0.4, -0.2) is 28.5 Å². The summed E-state index contributed by atoms with van der Waals surface area (Å²) >= 11 is 4.07. The highest BCUT2D eigenvalue weighted by Gasteiger charge is 2.18. The minimum absolute atomic E-state index is 0.000339. The summed E-state index contributed by atoms with van der Waals surface area (Å²) < 4.78 is 5.60. The molecule has 0 aromatic rings. The lowest BCUT2D eigenvalue weighted by molar-refractivity contribution is -0.141. The second-order valence-electron chi connectivity index (χ2n) is 4.31. The lowest BCUT2D eigenvalue weighted by Gasteiger charge is -2.24. The Balaban J connectivity index is 4.24. The Bertz CT molecular complexity index is 218. The van der Waals surface area contributed by atoms with Crippen LogP contribution in [-0.2, 0) is 9.53 Å². The van der Waals surface area contributed by atoms with E-state index >= 15 is 0 Å². The van der Waals surface area contributed by atoms with E-state index in [9.17, 15) is 4.79 Å². The largest absolute Gasteiger partial charge is 0.481 e. The molecule has 0 saturated heterocycles. The van der Waals surface area contributed by atoms with Crippen molar-refractivity contribution in [1.82, 2.24) is 0 Å². The molecule has 0 spiro atoms. The maximum absolute atomic E-state index is 10.6. The molecule has 0 amide bonds. The third-order valence-corrected chi connectivity index (χ3v) is 1.79. The van der Waals surface area contributed by atoms with Gasteiger partial charge in [0.1, 0.15) is 0 Å². The predicted octanol–water partition coefficient (Wildman–Crippen LogP) is 2.52. The van der Waals surface area contributed by atoms with Crippen LogP contribution in [0.1, 0.15) is 33.6 Å². The first-order valence-electron chi connectivity index (χ1n) is 5.02. The predicted molar refractivity (Wildman–Crippen MR) is 64.5 cm³/mol. The monoisotopic (exact) mass is 232 g/mol. The van der Waals surface area contributed by atoms with Crippen LogP contribution in [0, 0.1) is 0 Å². The Morgan fingerprint density at radius 3 is 2.53 bits per heavy atom. The Hall–Kier alpha value is -0.480. The van der Waals surface area contributed by atoms with E-state index in [1.54, 1.807) is 6.08 Å². The summed E-state index contributed by atoms with van der Waals surface area (Å²) in [4.78, 5) is 10.6. The highest BCUT2D eigenvalue weighted by atomic mass is 32.1. The van der Waals surface area contributed by atoms with E-state index in [0.717, 1.165) is 12.2 Å². The molecule has 0 unspecified atom stereocenters. The number of hydrogen-bond acceptors (Lipinski definition) is 3. The van der Waals surface area contributed by atoms with Crippen molar-refractivity contribution in [1.29, 1.82) is 0 Å². The van der Waals surface area contributed by atoms with Gasteiger partial charge in [-0.2, -0.15) is 12.6 Å². The Morgan fingerprint density at radius 2 is 2.13 bits per heavy atom. The van der Waals surface area contributed by atoms with Gasteiger partial charge in [-0.05, 0) is 32.9 Å². The zero-order chi connectivity index (χ0) is 11.9. The Labute approximate surface area is 96.9 Å². The number of carbonyl (C=O) groups is 1. The summed E-state index contributed by atoms with van der Waals surface area (Å²) in [6.07, 6.45) is 4.18. The standard InChI is InChI=1S/C11H20O3S/c1-11(2,3)14-9(8-10(12)13)6-4-5-7-15/h4,6,9,15H,5,7-8H2,1-3H3,(H,12,13)/b6-4+/t9-/m0/s1. The molecule has 88 valence electrons. The van der Waals surface area contributed by atoms with Gasteiger partial charge in [-0.1, -0.05) is 12.2 Å². The van der Waals surface area contributed by atoms with E-state index in [-0.39, 0.29) is 18.1 Å². The van der Waals surface area contributed by atoms with Crippen LogP contribution in [0.2, 0.25) is 0 Å². The molecule has 3 nitrogen and oxygen atoms in total. The summed E-state index contributed by atoms with van der Waals surface area (Å²) in [5, 5.41) is 8.71. The minimum atomic E-state index is -0.847. The smallest absolute Gasteiger partial charge is 0.306 e. The van der Waals surface area contributed by atoms with E-state index in [2.05, 4.69) is 12.6 Å². The third kappa shape index (κ3) is 9.82. The van der Waals surface area contributed by atoms with Gasteiger partial charge in [0.15, 0.2) is 0 Å². The van der Waals surface area contributed by atoms with Crippen molar-refractivity contribution in [2.45, 2.75) is 45.3 Å². The molecule has 1 N–H and O–H groups in total. The van der Waals surface area contributed by atoms with E-state index < -0.39 is 5.97 Å². The van der Waals surface area contributed by atoms with Crippen LogP contribution in [0.5, 0.6) is 0 Å². The van der Waals surface area contributed by atoms with Crippen molar-refractivity contribution >= 4 is 18.6 Å². The van der Waals surface area contributed by atoms with Crippen LogP contribution >= 0.6 is 12.6 Å². The van der Waals surface area contributed by atoms with Crippen LogP contribution in [0.3, 0.4) is 0 Å². The van der Waals surface area contributed by atoms with Gasteiger partial charge >= 0.3 is 5.97 Å². The van der Waals surface area contributed by atoms with Crippen LogP contribution in [0.25, 0.3) is 0 Å². The fourth-order valence-corrected chi connectivity index (χ4v) is 1.25. The molecule has 0 heterocycles. The quantitative estimate of drug-likeness (QED) is 0.546. The van der Waals surface area contributed by atoms with Crippen molar-refractivity contribution in [3.8, 4) is 0 Å². The normalized spacial score (nSPS) is 14.4. The minimum Gasteiger partial charge on any atom is -0.481 e. The molecule has 0 bridgehead atoms. The average molecular weight is 232 g/mol. The topological polar surface area (TPSA) is 46.5 Å². The summed E-state index contributed by atoms with van der Waals surface area (Å²) in [5.74, 6) is -0.0917. The van der Waals surface area contributed by atoms with Crippen molar-refractivity contribution in [2.24, 2.45) is 0 Å². The molecule has 1 atom stereocenters. The molecule has 0 aromatic heterocycles. The van der Waals surface area contributed by atoms with Crippen LogP contribution in [0.4, 0.5) is 0 Å². The number of carboxylic acids is 1. The van der Waals surface area contributed by atoms with E-state index in [1.807, 2.05) is 26.8 Å². The first-order chi connectivity index (χ1) is 6.85. The van der Waals surface area contributed by atoms with Crippen LogP contribution in [0.15, 0.2) is 12.2 Å². The first-order valence-corrected chi connectivity index (χ1v) is 5.65. The van der Waals surface area contributed by atoms with E-state index in [4.69, 9.17) is 9.84 Å². The van der Waals surface area contributed by atoms with E-state index in [0.29, 0.717) is 0 Å². The molecular weight excluding hydrogens is 212 g/mol. The molecule has 0 aliphatic heterocycles. The van der Waals surface area contributed by atoms with Gasteiger partial charge in [-0.25, -0.2) is 0 Å². The summed E-state index contributed by atoms with van der Waals surface area (Å²) in [6.45, 7) is 5.73.